The molecule has 0 aliphatic rings. The van der Waals surface area contributed by atoms with Gasteiger partial charge < -0.3 is 5.73 Å². The predicted molar refractivity (Wildman–Crippen MR) is 50.6 cm³/mol. The molecule has 1 heterocycles. The van der Waals surface area contributed by atoms with Gasteiger partial charge in [0.1, 0.15) is 0 Å². The first kappa shape index (κ1) is 8.94. The fourth-order valence-corrected chi connectivity index (χ4v) is 1.09. The summed E-state index contributed by atoms with van der Waals surface area (Å²) in [6, 6.07) is 3.92. The van der Waals surface area contributed by atoms with Gasteiger partial charge in [0.2, 0.25) is 0 Å². The van der Waals surface area contributed by atoms with Crippen molar-refractivity contribution in [3.05, 3.63) is 42.2 Å². The third kappa shape index (κ3) is 2.47. The Balaban J connectivity index is 2.65. The Labute approximate surface area is 73.1 Å². The van der Waals surface area contributed by atoms with E-state index in [0.29, 0.717) is 0 Å². The monoisotopic (exact) mass is 162 g/mol. The molecule has 0 aliphatic heterocycles. The summed E-state index contributed by atoms with van der Waals surface area (Å²) in [5.74, 6) is 0. The Bertz CT molecular complexity index is 254. The van der Waals surface area contributed by atoms with Crippen molar-refractivity contribution in [1.29, 1.82) is 0 Å². The summed E-state index contributed by atoms with van der Waals surface area (Å²) in [4.78, 5) is 4.00. The zero-order valence-corrected chi connectivity index (χ0v) is 7.33. The van der Waals surface area contributed by atoms with E-state index in [-0.39, 0.29) is 6.04 Å². The van der Waals surface area contributed by atoms with E-state index in [2.05, 4.69) is 11.6 Å². The lowest BCUT2D eigenvalue weighted by molar-refractivity contribution is 0.713. The van der Waals surface area contributed by atoms with Crippen molar-refractivity contribution in [2.45, 2.75) is 19.4 Å². The van der Waals surface area contributed by atoms with Crippen LogP contribution >= 0.6 is 0 Å². The van der Waals surface area contributed by atoms with Crippen LogP contribution in [0, 0.1) is 0 Å². The molecule has 1 rings (SSSR count). The molecule has 1 unspecified atom stereocenters. The minimum atomic E-state index is 0.0381. The van der Waals surface area contributed by atoms with Crippen LogP contribution in [0.4, 0.5) is 0 Å². The van der Waals surface area contributed by atoms with E-state index >= 15 is 0 Å². The average Bonchev–Trinajstić information content (AvgIpc) is 2.05. The van der Waals surface area contributed by atoms with Gasteiger partial charge in [-0.1, -0.05) is 11.6 Å². The van der Waals surface area contributed by atoms with Crippen LogP contribution < -0.4 is 5.73 Å². The highest BCUT2D eigenvalue weighted by molar-refractivity contribution is 5.15. The third-order valence-corrected chi connectivity index (χ3v) is 1.68. The summed E-state index contributed by atoms with van der Waals surface area (Å²) in [5.41, 5.74) is 8.07. The van der Waals surface area contributed by atoms with Crippen LogP contribution in [0.5, 0.6) is 0 Å². The fourth-order valence-electron chi connectivity index (χ4n) is 1.09. The maximum atomic E-state index is 5.90. The van der Waals surface area contributed by atoms with Crippen LogP contribution in [0.1, 0.15) is 24.9 Å². The van der Waals surface area contributed by atoms with Crippen LogP contribution in [0.25, 0.3) is 0 Å². The highest BCUT2D eigenvalue weighted by Crippen LogP contribution is 2.15. The molecule has 1 aromatic heterocycles. The van der Waals surface area contributed by atoms with Crippen molar-refractivity contribution in [1.82, 2.24) is 4.98 Å². The Morgan fingerprint density at radius 3 is 3.00 bits per heavy atom. The van der Waals surface area contributed by atoms with Gasteiger partial charge in [-0.3, -0.25) is 4.98 Å². The molecule has 1 aromatic rings. The zero-order chi connectivity index (χ0) is 8.97. The lowest BCUT2D eigenvalue weighted by Gasteiger charge is -2.10. The molecule has 2 nitrogen and oxygen atoms in total. The van der Waals surface area contributed by atoms with Crippen molar-refractivity contribution >= 4 is 0 Å². The predicted octanol–water partition coefficient (Wildman–Crippen LogP) is 2.05. The second kappa shape index (κ2) is 4.02. The Hall–Kier alpha value is -1.15. The van der Waals surface area contributed by atoms with Crippen LogP contribution in [0.3, 0.4) is 0 Å². The molecule has 0 saturated heterocycles. The van der Waals surface area contributed by atoms with Gasteiger partial charge in [-0.05, 0) is 25.0 Å². The topological polar surface area (TPSA) is 38.9 Å². The zero-order valence-electron chi connectivity index (χ0n) is 7.33. The standard InChI is InChI=1S/C10H14N2/c1-8(2)6-10(11)9-4-3-5-12-7-9/h3-5,7,10H,1,6,11H2,2H3. The first-order valence-electron chi connectivity index (χ1n) is 4.00. The van der Waals surface area contributed by atoms with Crippen LogP contribution in [0.2, 0.25) is 0 Å². The van der Waals surface area contributed by atoms with Gasteiger partial charge in [0.15, 0.2) is 0 Å². The second-order valence-electron chi connectivity index (χ2n) is 3.05. The molecule has 0 aliphatic carbocycles. The maximum absolute atomic E-state index is 5.90. The van der Waals surface area contributed by atoms with Gasteiger partial charge in [0.25, 0.3) is 0 Å². The summed E-state index contributed by atoms with van der Waals surface area (Å²) >= 11 is 0. The van der Waals surface area contributed by atoms with Crippen molar-refractivity contribution < 1.29 is 0 Å². The molecule has 0 aromatic carbocycles. The molecular formula is C10H14N2. The molecule has 64 valence electrons. The highest BCUT2D eigenvalue weighted by Gasteiger charge is 2.04. The molecule has 0 bridgehead atoms. The Morgan fingerprint density at radius 2 is 2.50 bits per heavy atom. The first-order chi connectivity index (χ1) is 5.70. The summed E-state index contributed by atoms with van der Waals surface area (Å²) in [6.45, 7) is 5.80. The van der Waals surface area contributed by atoms with Gasteiger partial charge in [-0.25, -0.2) is 0 Å². The van der Waals surface area contributed by atoms with Crippen LogP contribution in [-0.2, 0) is 0 Å². The molecule has 0 saturated carbocycles. The summed E-state index contributed by atoms with van der Waals surface area (Å²) in [7, 11) is 0. The number of pyridine rings is 1. The molecular weight excluding hydrogens is 148 g/mol. The average molecular weight is 162 g/mol. The number of hydrogen-bond acceptors (Lipinski definition) is 2. The van der Waals surface area contributed by atoms with E-state index in [1.54, 1.807) is 12.4 Å². The lowest BCUT2D eigenvalue weighted by atomic mass is 10.0. The highest BCUT2D eigenvalue weighted by atomic mass is 14.7. The summed E-state index contributed by atoms with van der Waals surface area (Å²) < 4.78 is 0. The number of rotatable bonds is 3. The molecule has 2 heteroatoms. The van der Waals surface area contributed by atoms with E-state index in [9.17, 15) is 0 Å². The number of aromatic nitrogens is 1. The van der Waals surface area contributed by atoms with E-state index in [1.807, 2.05) is 19.1 Å². The second-order valence-corrected chi connectivity index (χ2v) is 3.05. The molecule has 2 N–H and O–H groups in total. The van der Waals surface area contributed by atoms with Crippen LogP contribution in [0.15, 0.2) is 36.7 Å². The van der Waals surface area contributed by atoms with Gasteiger partial charge in [0.05, 0.1) is 0 Å². The normalized spacial score (nSPS) is 12.5. The molecule has 0 fully saturated rings. The number of nitrogens with zero attached hydrogens (tertiary/aromatic N) is 1. The number of nitrogens with two attached hydrogens (primary N) is 1. The summed E-state index contributed by atoms with van der Waals surface area (Å²) in [6.07, 6.45) is 4.37. The molecule has 0 radical (unpaired) electrons. The van der Waals surface area contributed by atoms with Crippen molar-refractivity contribution in [3.8, 4) is 0 Å². The molecule has 0 amide bonds. The van der Waals surface area contributed by atoms with E-state index in [4.69, 9.17) is 5.73 Å². The number of hydrogen-bond donors (Lipinski definition) is 1. The Morgan fingerprint density at radius 1 is 1.75 bits per heavy atom. The smallest absolute Gasteiger partial charge is 0.0347 e. The van der Waals surface area contributed by atoms with Gasteiger partial charge in [-0.15, -0.1) is 6.58 Å². The lowest BCUT2D eigenvalue weighted by Crippen LogP contribution is -2.10. The van der Waals surface area contributed by atoms with Crippen molar-refractivity contribution in [3.63, 3.8) is 0 Å². The minimum absolute atomic E-state index is 0.0381. The quantitative estimate of drug-likeness (QED) is 0.691. The molecule has 12 heavy (non-hydrogen) atoms. The van der Waals surface area contributed by atoms with E-state index in [1.165, 1.54) is 0 Å². The van der Waals surface area contributed by atoms with Crippen molar-refractivity contribution in [2.75, 3.05) is 0 Å². The maximum Gasteiger partial charge on any atom is 0.0347 e. The molecule has 0 spiro atoms. The Kier molecular flexibility index (Phi) is 3.00. The summed E-state index contributed by atoms with van der Waals surface area (Å²) in [5, 5.41) is 0. The van der Waals surface area contributed by atoms with Crippen molar-refractivity contribution in [2.24, 2.45) is 5.73 Å². The first-order valence-corrected chi connectivity index (χ1v) is 4.00. The van der Waals surface area contributed by atoms with Gasteiger partial charge >= 0.3 is 0 Å². The van der Waals surface area contributed by atoms with Gasteiger partial charge in [0, 0.05) is 18.4 Å². The molecule has 1 atom stereocenters. The third-order valence-electron chi connectivity index (χ3n) is 1.68. The van der Waals surface area contributed by atoms with Gasteiger partial charge in [-0.2, -0.15) is 0 Å². The van der Waals surface area contributed by atoms with E-state index < -0.39 is 0 Å². The fraction of sp³-hybridized carbons (Fsp3) is 0.300. The largest absolute Gasteiger partial charge is 0.324 e. The van der Waals surface area contributed by atoms with Crippen LogP contribution in [-0.4, -0.2) is 4.98 Å². The SMILES string of the molecule is C=C(C)CC(N)c1cccnc1. The van der Waals surface area contributed by atoms with E-state index in [0.717, 1.165) is 17.6 Å². The minimum Gasteiger partial charge on any atom is -0.324 e.